The number of ether oxygens (including phenoxy) is 1. The lowest BCUT2D eigenvalue weighted by molar-refractivity contribution is -0.146. The van der Waals surface area contributed by atoms with Crippen LogP contribution in [-0.4, -0.2) is 49.3 Å². The van der Waals surface area contributed by atoms with Gasteiger partial charge in [-0.3, -0.25) is 4.79 Å². The molecule has 114 valence electrons. The van der Waals surface area contributed by atoms with Crippen molar-refractivity contribution in [1.29, 1.82) is 0 Å². The van der Waals surface area contributed by atoms with Crippen molar-refractivity contribution in [3.63, 3.8) is 0 Å². The average Bonchev–Trinajstić information content (AvgIpc) is 3.02. The van der Waals surface area contributed by atoms with Crippen LogP contribution in [0.4, 0.5) is 5.69 Å². The molecule has 0 spiro atoms. The quantitative estimate of drug-likeness (QED) is 0.763. The van der Waals surface area contributed by atoms with Crippen LogP contribution in [0.3, 0.4) is 0 Å². The lowest BCUT2D eigenvalue weighted by atomic mass is 10.1. The van der Waals surface area contributed by atoms with E-state index in [1.54, 1.807) is 0 Å². The Morgan fingerprint density at radius 3 is 2.76 bits per heavy atom. The standard InChI is InChI=1S/C15H20N2O4/c1-21-15(20)12(10-18)16-14(19)13-8-5-9-17(13)11-6-3-2-4-7-11/h2-4,6-7,12-13,18H,5,8-10H2,1H3,(H,16,19)/t12-,13?/m0/s1. The fourth-order valence-corrected chi connectivity index (χ4v) is 2.56. The van der Waals surface area contributed by atoms with Gasteiger partial charge in [-0.25, -0.2) is 4.79 Å². The van der Waals surface area contributed by atoms with E-state index in [0.29, 0.717) is 0 Å². The number of para-hydroxylation sites is 1. The van der Waals surface area contributed by atoms with E-state index in [4.69, 9.17) is 0 Å². The SMILES string of the molecule is COC(=O)[C@H](CO)NC(=O)C1CCCN1c1ccccc1. The summed E-state index contributed by atoms with van der Waals surface area (Å²) in [5, 5.41) is 11.7. The van der Waals surface area contributed by atoms with Gasteiger partial charge >= 0.3 is 5.97 Å². The van der Waals surface area contributed by atoms with Crippen LogP contribution in [0.2, 0.25) is 0 Å². The molecule has 2 atom stereocenters. The van der Waals surface area contributed by atoms with Crippen LogP contribution in [0.25, 0.3) is 0 Å². The molecule has 1 saturated heterocycles. The number of hydrogen-bond acceptors (Lipinski definition) is 5. The highest BCUT2D eigenvalue weighted by Gasteiger charge is 2.33. The lowest BCUT2D eigenvalue weighted by Crippen LogP contribution is -2.51. The molecule has 6 nitrogen and oxygen atoms in total. The van der Waals surface area contributed by atoms with E-state index < -0.39 is 18.6 Å². The fourth-order valence-electron chi connectivity index (χ4n) is 2.56. The Bertz CT molecular complexity index is 492. The maximum Gasteiger partial charge on any atom is 0.330 e. The number of carbonyl (C=O) groups is 2. The van der Waals surface area contributed by atoms with Crippen molar-refractivity contribution < 1.29 is 19.4 Å². The van der Waals surface area contributed by atoms with Gasteiger partial charge in [-0.15, -0.1) is 0 Å². The summed E-state index contributed by atoms with van der Waals surface area (Å²) in [6.45, 7) is 0.320. The molecule has 1 aromatic carbocycles. The summed E-state index contributed by atoms with van der Waals surface area (Å²) in [6, 6.07) is 8.34. The molecular weight excluding hydrogens is 272 g/mol. The van der Waals surface area contributed by atoms with E-state index in [1.807, 2.05) is 35.2 Å². The Labute approximate surface area is 123 Å². The van der Waals surface area contributed by atoms with E-state index in [1.165, 1.54) is 7.11 Å². The molecule has 1 amide bonds. The Kier molecular flexibility index (Phi) is 5.16. The van der Waals surface area contributed by atoms with Crippen LogP contribution in [0.1, 0.15) is 12.8 Å². The molecule has 1 aliphatic heterocycles. The van der Waals surface area contributed by atoms with Gasteiger partial charge in [0.25, 0.3) is 0 Å². The zero-order chi connectivity index (χ0) is 15.2. The number of anilines is 1. The molecule has 2 N–H and O–H groups in total. The number of hydrogen-bond donors (Lipinski definition) is 2. The number of carbonyl (C=O) groups excluding carboxylic acids is 2. The zero-order valence-corrected chi connectivity index (χ0v) is 12.0. The van der Waals surface area contributed by atoms with Crippen LogP contribution in [0, 0.1) is 0 Å². The fraction of sp³-hybridized carbons (Fsp3) is 0.467. The Morgan fingerprint density at radius 2 is 2.14 bits per heavy atom. The van der Waals surface area contributed by atoms with E-state index in [0.717, 1.165) is 25.1 Å². The zero-order valence-electron chi connectivity index (χ0n) is 12.0. The molecule has 2 rings (SSSR count). The van der Waals surface area contributed by atoms with Crippen molar-refractivity contribution in [3.05, 3.63) is 30.3 Å². The minimum Gasteiger partial charge on any atom is -0.467 e. The number of rotatable bonds is 5. The summed E-state index contributed by atoms with van der Waals surface area (Å²) in [6.07, 6.45) is 1.63. The van der Waals surface area contributed by atoms with Gasteiger partial charge in [-0.05, 0) is 25.0 Å². The topological polar surface area (TPSA) is 78.9 Å². The van der Waals surface area contributed by atoms with Crippen molar-refractivity contribution >= 4 is 17.6 Å². The van der Waals surface area contributed by atoms with E-state index >= 15 is 0 Å². The Morgan fingerprint density at radius 1 is 1.43 bits per heavy atom. The van der Waals surface area contributed by atoms with Crippen LogP contribution < -0.4 is 10.2 Å². The molecule has 0 radical (unpaired) electrons. The van der Waals surface area contributed by atoms with Gasteiger partial charge in [-0.2, -0.15) is 0 Å². The first-order chi connectivity index (χ1) is 10.2. The second kappa shape index (κ2) is 7.08. The third kappa shape index (κ3) is 3.52. The first kappa shape index (κ1) is 15.3. The predicted molar refractivity (Wildman–Crippen MR) is 77.8 cm³/mol. The first-order valence-corrected chi connectivity index (χ1v) is 6.98. The number of aliphatic hydroxyl groups excluding tert-OH is 1. The predicted octanol–water partition coefficient (Wildman–Crippen LogP) is 0.306. The summed E-state index contributed by atoms with van der Waals surface area (Å²) in [5.41, 5.74) is 0.980. The minimum atomic E-state index is -1.01. The molecule has 1 heterocycles. The van der Waals surface area contributed by atoms with Crippen molar-refractivity contribution in [1.82, 2.24) is 5.32 Å². The van der Waals surface area contributed by atoms with Crippen LogP contribution in [-0.2, 0) is 14.3 Å². The van der Waals surface area contributed by atoms with Gasteiger partial charge in [0.05, 0.1) is 13.7 Å². The Balaban J connectivity index is 2.06. The third-order valence-corrected chi connectivity index (χ3v) is 3.63. The number of aliphatic hydroxyl groups is 1. The van der Waals surface area contributed by atoms with Gasteiger partial charge < -0.3 is 20.1 Å². The number of methoxy groups -OCH3 is 1. The molecule has 0 aliphatic carbocycles. The molecule has 1 fully saturated rings. The van der Waals surface area contributed by atoms with Gasteiger partial charge in [0, 0.05) is 12.2 Å². The molecule has 0 aromatic heterocycles. The van der Waals surface area contributed by atoms with Gasteiger partial charge in [0.15, 0.2) is 6.04 Å². The lowest BCUT2D eigenvalue weighted by Gasteiger charge is -2.27. The highest BCUT2D eigenvalue weighted by Crippen LogP contribution is 2.25. The second-order valence-corrected chi connectivity index (χ2v) is 4.95. The van der Waals surface area contributed by atoms with Gasteiger partial charge in [0.2, 0.25) is 5.91 Å². The average molecular weight is 292 g/mol. The number of esters is 1. The maximum atomic E-state index is 12.3. The van der Waals surface area contributed by atoms with Crippen molar-refractivity contribution in [2.24, 2.45) is 0 Å². The third-order valence-electron chi connectivity index (χ3n) is 3.63. The van der Waals surface area contributed by atoms with E-state index in [2.05, 4.69) is 10.1 Å². The van der Waals surface area contributed by atoms with Gasteiger partial charge in [0.1, 0.15) is 6.04 Å². The van der Waals surface area contributed by atoms with Crippen LogP contribution in [0.5, 0.6) is 0 Å². The number of nitrogens with one attached hydrogen (secondary N) is 1. The second-order valence-electron chi connectivity index (χ2n) is 4.95. The molecule has 0 bridgehead atoms. The largest absolute Gasteiger partial charge is 0.467 e. The van der Waals surface area contributed by atoms with E-state index in [-0.39, 0.29) is 11.9 Å². The number of amides is 1. The van der Waals surface area contributed by atoms with Crippen molar-refractivity contribution in [2.45, 2.75) is 24.9 Å². The van der Waals surface area contributed by atoms with E-state index in [9.17, 15) is 14.7 Å². The van der Waals surface area contributed by atoms with Crippen LogP contribution in [0.15, 0.2) is 30.3 Å². The number of benzene rings is 1. The summed E-state index contributed by atoms with van der Waals surface area (Å²) in [5.74, 6) is -0.907. The molecule has 1 aliphatic rings. The smallest absolute Gasteiger partial charge is 0.330 e. The molecule has 1 aromatic rings. The highest BCUT2D eigenvalue weighted by molar-refractivity contribution is 5.90. The normalized spacial score (nSPS) is 19.1. The molecule has 1 unspecified atom stereocenters. The maximum absolute atomic E-state index is 12.3. The summed E-state index contributed by atoms with van der Waals surface area (Å²) in [7, 11) is 1.23. The summed E-state index contributed by atoms with van der Waals surface area (Å²) in [4.78, 5) is 25.8. The molecule has 21 heavy (non-hydrogen) atoms. The van der Waals surface area contributed by atoms with Crippen molar-refractivity contribution in [2.75, 3.05) is 25.2 Å². The summed E-state index contributed by atoms with van der Waals surface area (Å²) >= 11 is 0. The molecule has 6 heteroatoms. The van der Waals surface area contributed by atoms with Crippen LogP contribution >= 0.6 is 0 Å². The van der Waals surface area contributed by atoms with Gasteiger partial charge in [-0.1, -0.05) is 18.2 Å². The minimum absolute atomic E-state index is 0.263. The highest BCUT2D eigenvalue weighted by atomic mass is 16.5. The Hall–Kier alpha value is -2.08. The number of nitrogens with zero attached hydrogens (tertiary/aromatic N) is 1. The first-order valence-electron chi connectivity index (χ1n) is 6.98. The monoisotopic (exact) mass is 292 g/mol. The molecule has 0 saturated carbocycles. The van der Waals surface area contributed by atoms with Crippen molar-refractivity contribution in [3.8, 4) is 0 Å². The molecular formula is C15H20N2O4. The summed E-state index contributed by atoms with van der Waals surface area (Å²) < 4.78 is 4.55.